The molecule has 0 aromatic heterocycles. The average molecular weight is 189 g/mol. The lowest BCUT2D eigenvalue weighted by molar-refractivity contribution is 1.23. The Morgan fingerprint density at radius 2 is 1.86 bits per heavy atom. The van der Waals surface area contributed by atoms with E-state index >= 15 is 0 Å². The second-order valence-electron chi connectivity index (χ2n) is 2.71. The van der Waals surface area contributed by atoms with Gasteiger partial charge < -0.3 is 5.32 Å². The van der Waals surface area contributed by atoms with Gasteiger partial charge in [-0.15, -0.1) is 6.58 Å². The Morgan fingerprint density at radius 3 is 2.29 bits per heavy atom. The van der Waals surface area contributed by atoms with Crippen molar-refractivity contribution in [2.75, 3.05) is 5.32 Å². The van der Waals surface area contributed by atoms with Crippen molar-refractivity contribution < 1.29 is 0 Å². The van der Waals surface area contributed by atoms with Crippen molar-refractivity contribution in [3.05, 3.63) is 55.3 Å². The van der Waals surface area contributed by atoms with Gasteiger partial charge in [-0.1, -0.05) is 37.3 Å². The molecule has 0 aliphatic heterocycles. The Bertz CT molecular complexity index is 249. The van der Waals surface area contributed by atoms with Gasteiger partial charge >= 0.3 is 0 Å². The SMILES string of the molecule is C/C=C/Nc1ccccc1.C=CCC. The Kier molecular flexibility index (Phi) is 8.56. The molecule has 0 radical (unpaired) electrons. The molecule has 0 unspecified atom stereocenters. The van der Waals surface area contributed by atoms with Crippen LogP contribution < -0.4 is 5.32 Å². The van der Waals surface area contributed by atoms with Crippen LogP contribution in [0.25, 0.3) is 0 Å². The van der Waals surface area contributed by atoms with E-state index in [0.29, 0.717) is 0 Å². The number of anilines is 1. The van der Waals surface area contributed by atoms with E-state index in [1.807, 2.05) is 55.6 Å². The van der Waals surface area contributed by atoms with E-state index in [1.54, 1.807) is 0 Å². The van der Waals surface area contributed by atoms with Crippen LogP contribution in [0.15, 0.2) is 55.3 Å². The summed E-state index contributed by atoms with van der Waals surface area (Å²) < 4.78 is 0. The standard InChI is InChI=1S/C9H11N.C4H8/c1-2-8-10-9-6-4-3-5-7-9;1-3-4-2/h2-8,10H,1H3;3H,1,4H2,2H3/b8-2+;. The first-order valence-corrected chi connectivity index (χ1v) is 4.88. The number of allylic oxidation sites excluding steroid dienone is 2. The largest absolute Gasteiger partial charge is 0.362 e. The third kappa shape index (κ3) is 7.17. The molecule has 0 atom stereocenters. The number of rotatable bonds is 3. The summed E-state index contributed by atoms with van der Waals surface area (Å²) in [7, 11) is 0. The lowest BCUT2D eigenvalue weighted by atomic mass is 10.3. The first-order valence-electron chi connectivity index (χ1n) is 4.88. The van der Waals surface area contributed by atoms with Crippen molar-refractivity contribution in [1.82, 2.24) is 0 Å². The van der Waals surface area contributed by atoms with E-state index in [1.165, 1.54) is 0 Å². The first-order chi connectivity index (χ1) is 6.85. The lowest BCUT2D eigenvalue weighted by Gasteiger charge is -1.96. The van der Waals surface area contributed by atoms with Crippen LogP contribution in [-0.4, -0.2) is 0 Å². The minimum Gasteiger partial charge on any atom is -0.362 e. The number of nitrogens with one attached hydrogen (secondary N) is 1. The van der Waals surface area contributed by atoms with Gasteiger partial charge in [0.05, 0.1) is 0 Å². The van der Waals surface area contributed by atoms with Gasteiger partial charge in [0.15, 0.2) is 0 Å². The predicted molar refractivity (Wildman–Crippen MR) is 65.4 cm³/mol. The molecular weight excluding hydrogens is 170 g/mol. The number of hydrogen-bond donors (Lipinski definition) is 1. The zero-order chi connectivity index (χ0) is 10.6. The minimum atomic E-state index is 1.08. The van der Waals surface area contributed by atoms with E-state index < -0.39 is 0 Å². The molecule has 76 valence electrons. The van der Waals surface area contributed by atoms with Crippen molar-refractivity contribution in [3.8, 4) is 0 Å². The van der Waals surface area contributed by atoms with Crippen LogP contribution in [0.5, 0.6) is 0 Å². The third-order valence-electron chi connectivity index (χ3n) is 1.48. The molecule has 0 aliphatic rings. The maximum Gasteiger partial charge on any atom is 0.0379 e. The molecule has 14 heavy (non-hydrogen) atoms. The predicted octanol–water partition coefficient (Wildman–Crippen LogP) is 4.21. The highest BCUT2D eigenvalue weighted by Gasteiger charge is 1.80. The first kappa shape index (κ1) is 12.5. The van der Waals surface area contributed by atoms with Gasteiger partial charge in [-0.2, -0.15) is 0 Å². The summed E-state index contributed by atoms with van der Waals surface area (Å²) in [5.74, 6) is 0. The highest BCUT2D eigenvalue weighted by atomic mass is 14.8. The Balaban J connectivity index is 0.000000364. The van der Waals surface area contributed by atoms with Crippen LogP contribution in [0.3, 0.4) is 0 Å². The van der Waals surface area contributed by atoms with Gasteiger partial charge in [0.1, 0.15) is 0 Å². The van der Waals surface area contributed by atoms with E-state index in [9.17, 15) is 0 Å². The van der Waals surface area contributed by atoms with Gasteiger partial charge in [0, 0.05) is 5.69 Å². The average Bonchev–Trinajstić information content (AvgIpc) is 2.28. The van der Waals surface area contributed by atoms with Crippen LogP contribution in [0.2, 0.25) is 0 Å². The summed E-state index contributed by atoms with van der Waals surface area (Å²) in [6.45, 7) is 7.52. The van der Waals surface area contributed by atoms with Crippen LogP contribution in [-0.2, 0) is 0 Å². The van der Waals surface area contributed by atoms with Crippen molar-refractivity contribution in [3.63, 3.8) is 0 Å². The normalized spacial score (nSPS) is 9.00. The topological polar surface area (TPSA) is 12.0 Å². The van der Waals surface area contributed by atoms with Crippen molar-refractivity contribution in [1.29, 1.82) is 0 Å². The van der Waals surface area contributed by atoms with Crippen molar-refractivity contribution in [2.24, 2.45) is 0 Å². The molecule has 0 spiro atoms. The molecule has 0 fully saturated rings. The fourth-order valence-corrected chi connectivity index (χ4v) is 0.714. The monoisotopic (exact) mass is 189 g/mol. The quantitative estimate of drug-likeness (QED) is 0.702. The third-order valence-corrected chi connectivity index (χ3v) is 1.48. The highest BCUT2D eigenvalue weighted by Crippen LogP contribution is 2.03. The summed E-state index contributed by atoms with van der Waals surface area (Å²) in [6.07, 6.45) is 6.84. The number of benzene rings is 1. The van der Waals surface area contributed by atoms with Crippen LogP contribution >= 0.6 is 0 Å². The van der Waals surface area contributed by atoms with Crippen LogP contribution in [0.1, 0.15) is 20.3 Å². The molecule has 1 aromatic carbocycles. The molecular formula is C13H19N. The molecule has 0 saturated heterocycles. The fourth-order valence-electron chi connectivity index (χ4n) is 0.714. The smallest absolute Gasteiger partial charge is 0.0379 e. The molecule has 1 nitrogen and oxygen atoms in total. The van der Waals surface area contributed by atoms with E-state index in [0.717, 1.165) is 12.1 Å². The Morgan fingerprint density at radius 1 is 1.29 bits per heavy atom. The van der Waals surface area contributed by atoms with Crippen molar-refractivity contribution >= 4 is 5.69 Å². The Labute approximate surface area is 87.2 Å². The van der Waals surface area contributed by atoms with E-state index in [2.05, 4.69) is 18.8 Å². The maximum atomic E-state index is 3.48. The minimum absolute atomic E-state index is 1.08. The number of para-hydroxylation sites is 1. The van der Waals surface area contributed by atoms with Gasteiger partial charge in [-0.05, 0) is 31.7 Å². The molecule has 1 rings (SSSR count). The Hall–Kier alpha value is -1.50. The maximum absolute atomic E-state index is 3.48. The molecule has 0 saturated carbocycles. The zero-order valence-electron chi connectivity index (χ0n) is 9.03. The number of hydrogen-bond acceptors (Lipinski definition) is 1. The van der Waals surface area contributed by atoms with E-state index in [4.69, 9.17) is 0 Å². The van der Waals surface area contributed by atoms with Gasteiger partial charge in [0.2, 0.25) is 0 Å². The second-order valence-corrected chi connectivity index (χ2v) is 2.71. The molecule has 0 aliphatic carbocycles. The van der Waals surface area contributed by atoms with E-state index in [-0.39, 0.29) is 0 Å². The fraction of sp³-hybridized carbons (Fsp3) is 0.231. The van der Waals surface area contributed by atoms with Crippen LogP contribution in [0, 0.1) is 0 Å². The summed E-state index contributed by atoms with van der Waals surface area (Å²) in [5, 5.41) is 3.11. The highest BCUT2D eigenvalue weighted by molar-refractivity contribution is 5.44. The summed E-state index contributed by atoms with van der Waals surface area (Å²) in [5.41, 5.74) is 1.13. The lowest BCUT2D eigenvalue weighted by Crippen LogP contribution is -1.83. The summed E-state index contributed by atoms with van der Waals surface area (Å²) >= 11 is 0. The van der Waals surface area contributed by atoms with Gasteiger partial charge in [0.25, 0.3) is 0 Å². The summed E-state index contributed by atoms with van der Waals surface area (Å²) in [6, 6.07) is 10.1. The van der Waals surface area contributed by atoms with Gasteiger partial charge in [-0.3, -0.25) is 0 Å². The van der Waals surface area contributed by atoms with Crippen LogP contribution in [0.4, 0.5) is 5.69 Å². The zero-order valence-corrected chi connectivity index (χ0v) is 9.03. The molecule has 0 amide bonds. The summed E-state index contributed by atoms with van der Waals surface area (Å²) in [4.78, 5) is 0. The molecule has 1 aromatic rings. The molecule has 0 heterocycles. The molecule has 1 heteroatoms. The molecule has 1 N–H and O–H groups in total. The van der Waals surface area contributed by atoms with Crippen molar-refractivity contribution in [2.45, 2.75) is 20.3 Å². The second kappa shape index (κ2) is 9.59. The molecule has 0 bridgehead atoms. The van der Waals surface area contributed by atoms with Gasteiger partial charge in [-0.25, -0.2) is 0 Å².